The Labute approximate surface area is 89.9 Å². The molecule has 0 unspecified atom stereocenters. The van der Waals surface area contributed by atoms with Crippen molar-refractivity contribution >= 4 is 37.4 Å². The van der Waals surface area contributed by atoms with Crippen LogP contribution >= 0.6 is 27.3 Å². The van der Waals surface area contributed by atoms with E-state index in [1.165, 1.54) is 27.8 Å². The number of fused-ring (bicyclic) bond motifs is 1. The van der Waals surface area contributed by atoms with Crippen LogP contribution in [0.5, 0.6) is 0 Å². The van der Waals surface area contributed by atoms with Gasteiger partial charge in [-0.05, 0) is 28.4 Å². The van der Waals surface area contributed by atoms with Crippen molar-refractivity contribution in [3.8, 4) is 0 Å². The minimum atomic E-state index is 1.11. The molecule has 0 fully saturated rings. The summed E-state index contributed by atoms with van der Waals surface area (Å²) in [5.41, 5.74) is 0. The van der Waals surface area contributed by atoms with E-state index >= 15 is 0 Å². The summed E-state index contributed by atoms with van der Waals surface area (Å²) < 4.78 is 2.43. The number of halogens is 1. The van der Waals surface area contributed by atoms with E-state index in [2.05, 4.69) is 33.9 Å². The zero-order valence-electron chi connectivity index (χ0n) is 7.38. The van der Waals surface area contributed by atoms with Crippen molar-refractivity contribution in [1.82, 2.24) is 4.98 Å². The largest absolute Gasteiger partial charge is 0.263 e. The van der Waals surface area contributed by atoms with Crippen LogP contribution in [0.2, 0.25) is 0 Å². The molecule has 0 saturated heterocycles. The van der Waals surface area contributed by atoms with Crippen LogP contribution in [0, 0.1) is 0 Å². The summed E-state index contributed by atoms with van der Waals surface area (Å²) in [6, 6.07) is 2.24. The number of hydrogen-bond acceptors (Lipinski definition) is 2. The quantitative estimate of drug-likeness (QED) is 0.791. The first-order valence-electron chi connectivity index (χ1n) is 4.33. The van der Waals surface area contributed by atoms with Gasteiger partial charge in [0.2, 0.25) is 0 Å². The topological polar surface area (TPSA) is 12.9 Å². The van der Waals surface area contributed by atoms with Gasteiger partial charge in [-0.25, -0.2) is 0 Å². The molecule has 0 aliphatic rings. The molecule has 68 valence electrons. The fourth-order valence-electron chi connectivity index (χ4n) is 1.35. The zero-order chi connectivity index (χ0) is 9.26. The normalized spacial score (nSPS) is 10.9. The predicted octanol–water partition coefficient (Wildman–Crippen LogP) is 4.01. The molecule has 2 aromatic heterocycles. The lowest BCUT2D eigenvalue weighted by Crippen LogP contribution is -1.72. The number of pyridine rings is 1. The van der Waals surface area contributed by atoms with Gasteiger partial charge in [0.1, 0.15) is 0 Å². The maximum absolute atomic E-state index is 4.15. The van der Waals surface area contributed by atoms with Crippen molar-refractivity contribution in [3.05, 3.63) is 27.8 Å². The Morgan fingerprint density at radius 1 is 1.46 bits per heavy atom. The highest BCUT2D eigenvalue weighted by atomic mass is 79.9. The SMILES string of the molecule is CCCc1cc2cncc(Br)c2s1. The number of thiophene rings is 1. The van der Waals surface area contributed by atoms with E-state index in [0.717, 1.165) is 4.47 Å². The molecule has 0 bridgehead atoms. The average Bonchev–Trinajstić information content (AvgIpc) is 2.49. The van der Waals surface area contributed by atoms with E-state index in [1.54, 1.807) is 0 Å². The molecule has 0 aromatic carbocycles. The van der Waals surface area contributed by atoms with Gasteiger partial charge in [-0.15, -0.1) is 11.3 Å². The van der Waals surface area contributed by atoms with Crippen LogP contribution in [0.25, 0.3) is 10.1 Å². The minimum Gasteiger partial charge on any atom is -0.263 e. The van der Waals surface area contributed by atoms with Gasteiger partial charge in [0.15, 0.2) is 0 Å². The first-order valence-corrected chi connectivity index (χ1v) is 5.94. The van der Waals surface area contributed by atoms with Crippen LogP contribution in [0.3, 0.4) is 0 Å². The molecule has 2 aromatic rings. The predicted molar refractivity (Wildman–Crippen MR) is 61.3 cm³/mol. The highest BCUT2D eigenvalue weighted by molar-refractivity contribution is 9.10. The summed E-state index contributed by atoms with van der Waals surface area (Å²) in [5.74, 6) is 0. The van der Waals surface area contributed by atoms with Gasteiger partial charge >= 0.3 is 0 Å². The highest BCUT2D eigenvalue weighted by Gasteiger charge is 2.03. The lowest BCUT2D eigenvalue weighted by molar-refractivity contribution is 0.940. The fourth-order valence-corrected chi connectivity index (χ4v) is 3.08. The highest BCUT2D eigenvalue weighted by Crippen LogP contribution is 2.31. The second-order valence-electron chi connectivity index (χ2n) is 3.00. The van der Waals surface area contributed by atoms with E-state index in [-0.39, 0.29) is 0 Å². The first kappa shape index (κ1) is 9.16. The molecule has 3 heteroatoms. The lowest BCUT2D eigenvalue weighted by atomic mass is 10.2. The molecule has 13 heavy (non-hydrogen) atoms. The van der Waals surface area contributed by atoms with Crippen LogP contribution in [0.1, 0.15) is 18.2 Å². The molecule has 0 N–H and O–H groups in total. The minimum absolute atomic E-state index is 1.11. The van der Waals surface area contributed by atoms with Crippen molar-refractivity contribution in [2.45, 2.75) is 19.8 Å². The smallest absolute Gasteiger partial charge is 0.0537 e. The number of rotatable bonds is 2. The maximum atomic E-state index is 4.15. The standard InChI is InChI=1S/C10H10BrNS/c1-2-3-8-4-7-5-12-6-9(11)10(7)13-8/h4-6H,2-3H2,1H3. The number of aryl methyl sites for hydroxylation is 1. The zero-order valence-corrected chi connectivity index (χ0v) is 9.78. The molecule has 0 radical (unpaired) electrons. The summed E-state index contributed by atoms with van der Waals surface area (Å²) in [4.78, 5) is 5.60. The lowest BCUT2D eigenvalue weighted by Gasteiger charge is -1.89. The van der Waals surface area contributed by atoms with E-state index in [9.17, 15) is 0 Å². The van der Waals surface area contributed by atoms with Gasteiger partial charge in [-0.1, -0.05) is 13.3 Å². The number of hydrogen-bond donors (Lipinski definition) is 0. The monoisotopic (exact) mass is 255 g/mol. The van der Waals surface area contributed by atoms with E-state index in [1.807, 2.05) is 23.7 Å². The Morgan fingerprint density at radius 3 is 3.00 bits per heavy atom. The molecule has 0 atom stereocenters. The third kappa shape index (κ3) is 1.76. The van der Waals surface area contributed by atoms with Crippen molar-refractivity contribution in [2.75, 3.05) is 0 Å². The molecule has 0 spiro atoms. The van der Waals surface area contributed by atoms with E-state index in [4.69, 9.17) is 0 Å². The van der Waals surface area contributed by atoms with Gasteiger partial charge in [-0.2, -0.15) is 0 Å². The van der Waals surface area contributed by atoms with Gasteiger partial charge in [0, 0.05) is 22.7 Å². The van der Waals surface area contributed by atoms with E-state index < -0.39 is 0 Å². The van der Waals surface area contributed by atoms with Gasteiger partial charge in [-0.3, -0.25) is 4.98 Å². The summed E-state index contributed by atoms with van der Waals surface area (Å²) in [6.07, 6.45) is 6.16. The molecular formula is C10H10BrNS. The maximum Gasteiger partial charge on any atom is 0.0537 e. The Kier molecular flexibility index (Phi) is 2.65. The molecule has 0 saturated carbocycles. The molecule has 2 heterocycles. The summed E-state index contributed by atoms with van der Waals surface area (Å²) >= 11 is 5.37. The summed E-state index contributed by atoms with van der Waals surface area (Å²) in [6.45, 7) is 2.21. The molecule has 0 aliphatic carbocycles. The molecule has 1 nitrogen and oxygen atoms in total. The van der Waals surface area contributed by atoms with Crippen LogP contribution in [0.15, 0.2) is 22.9 Å². The van der Waals surface area contributed by atoms with Crippen molar-refractivity contribution < 1.29 is 0 Å². The van der Waals surface area contributed by atoms with Crippen molar-refractivity contribution in [1.29, 1.82) is 0 Å². The van der Waals surface area contributed by atoms with Crippen LogP contribution in [-0.2, 0) is 6.42 Å². The van der Waals surface area contributed by atoms with Gasteiger partial charge < -0.3 is 0 Å². The number of nitrogens with zero attached hydrogens (tertiary/aromatic N) is 1. The fraction of sp³-hybridized carbons (Fsp3) is 0.300. The third-order valence-electron chi connectivity index (χ3n) is 1.93. The van der Waals surface area contributed by atoms with Crippen LogP contribution < -0.4 is 0 Å². The van der Waals surface area contributed by atoms with Crippen molar-refractivity contribution in [2.24, 2.45) is 0 Å². The van der Waals surface area contributed by atoms with Crippen LogP contribution in [0.4, 0.5) is 0 Å². The molecule has 2 rings (SSSR count). The Bertz CT molecular complexity index is 422. The Balaban J connectivity index is 2.55. The Hall–Kier alpha value is -0.410. The van der Waals surface area contributed by atoms with Gasteiger partial charge in [0.05, 0.1) is 9.17 Å². The molecule has 0 aliphatic heterocycles. The first-order chi connectivity index (χ1) is 6.31. The Morgan fingerprint density at radius 2 is 2.31 bits per heavy atom. The van der Waals surface area contributed by atoms with Crippen LogP contribution in [-0.4, -0.2) is 4.98 Å². The number of aromatic nitrogens is 1. The second-order valence-corrected chi connectivity index (χ2v) is 4.99. The molecular weight excluding hydrogens is 246 g/mol. The molecule has 0 amide bonds. The average molecular weight is 256 g/mol. The summed E-state index contributed by atoms with van der Waals surface area (Å²) in [7, 11) is 0. The second kappa shape index (κ2) is 3.76. The van der Waals surface area contributed by atoms with Crippen molar-refractivity contribution in [3.63, 3.8) is 0 Å². The van der Waals surface area contributed by atoms with E-state index in [0.29, 0.717) is 0 Å². The third-order valence-corrected chi connectivity index (χ3v) is 4.03. The van der Waals surface area contributed by atoms with Gasteiger partial charge in [0.25, 0.3) is 0 Å². The summed E-state index contributed by atoms with van der Waals surface area (Å²) in [5, 5.41) is 1.25.